The minimum absolute atomic E-state index is 0.191. The molecule has 0 aromatic heterocycles. The van der Waals surface area contributed by atoms with Gasteiger partial charge in [-0.3, -0.25) is 0 Å². The van der Waals surface area contributed by atoms with Crippen molar-refractivity contribution in [1.29, 1.82) is 0 Å². The van der Waals surface area contributed by atoms with Gasteiger partial charge in [-0.1, -0.05) is 37.0 Å². The Balaban J connectivity index is 1.97. The van der Waals surface area contributed by atoms with Gasteiger partial charge in [-0.25, -0.2) is 0 Å². The van der Waals surface area contributed by atoms with Gasteiger partial charge < -0.3 is 10.5 Å². The molecule has 1 aromatic carbocycles. The van der Waals surface area contributed by atoms with Gasteiger partial charge in [0.25, 0.3) is 0 Å². The van der Waals surface area contributed by atoms with Gasteiger partial charge in [0.1, 0.15) is 11.9 Å². The second-order valence-electron chi connectivity index (χ2n) is 5.12. The van der Waals surface area contributed by atoms with Crippen LogP contribution in [0.5, 0.6) is 5.75 Å². The van der Waals surface area contributed by atoms with Crippen molar-refractivity contribution in [2.24, 2.45) is 5.73 Å². The molecule has 17 heavy (non-hydrogen) atoms. The van der Waals surface area contributed by atoms with Crippen LogP contribution in [0.1, 0.15) is 44.1 Å². The molecule has 1 aliphatic carbocycles. The molecule has 0 amide bonds. The second-order valence-corrected chi connectivity index (χ2v) is 5.12. The van der Waals surface area contributed by atoms with E-state index in [0.717, 1.165) is 18.6 Å². The summed E-state index contributed by atoms with van der Waals surface area (Å²) in [5.74, 6) is 0.955. The summed E-state index contributed by atoms with van der Waals surface area (Å²) in [7, 11) is 0. The number of rotatable bonds is 2. The van der Waals surface area contributed by atoms with E-state index >= 15 is 0 Å². The summed E-state index contributed by atoms with van der Waals surface area (Å²) in [6.07, 6.45) is 7.51. The maximum Gasteiger partial charge on any atom is 0.119 e. The fraction of sp³-hybridized carbons (Fsp3) is 0.600. The lowest BCUT2D eigenvalue weighted by atomic mass is 9.95. The summed E-state index contributed by atoms with van der Waals surface area (Å²) in [6.45, 7) is 2.09. The van der Waals surface area contributed by atoms with Gasteiger partial charge in [-0.05, 0) is 38.3 Å². The zero-order valence-corrected chi connectivity index (χ0v) is 10.7. The summed E-state index contributed by atoms with van der Waals surface area (Å²) in [4.78, 5) is 0. The third kappa shape index (κ3) is 3.74. The van der Waals surface area contributed by atoms with Crippen LogP contribution in [0.2, 0.25) is 0 Å². The van der Waals surface area contributed by atoms with Crippen LogP contribution in [-0.4, -0.2) is 12.1 Å². The minimum atomic E-state index is 0.191. The Bertz CT molecular complexity index is 333. The molecule has 0 spiro atoms. The summed E-state index contributed by atoms with van der Waals surface area (Å²) in [6, 6.07) is 8.45. The first-order valence-electron chi connectivity index (χ1n) is 6.74. The monoisotopic (exact) mass is 233 g/mol. The van der Waals surface area contributed by atoms with Gasteiger partial charge >= 0.3 is 0 Å². The smallest absolute Gasteiger partial charge is 0.119 e. The zero-order valence-electron chi connectivity index (χ0n) is 10.7. The van der Waals surface area contributed by atoms with E-state index in [2.05, 4.69) is 19.1 Å². The fourth-order valence-corrected chi connectivity index (χ4v) is 2.42. The average Bonchev–Trinajstić information content (AvgIpc) is 2.31. The predicted molar refractivity (Wildman–Crippen MR) is 71.3 cm³/mol. The highest BCUT2D eigenvalue weighted by Gasteiger charge is 2.20. The van der Waals surface area contributed by atoms with E-state index in [-0.39, 0.29) is 12.1 Å². The molecule has 2 unspecified atom stereocenters. The van der Waals surface area contributed by atoms with E-state index in [1.54, 1.807) is 0 Å². The molecule has 2 heteroatoms. The summed E-state index contributed by atoms with van der Waals surface area (Å²) >= 11 is 0. The standard InChI is InChI=1S/C15H23NO/c1-12-8-10-13(11-9-12)17-15-7-5-3-2-4-6-14(15)16/h8-11,14-15H,2-7,16H2,1H3. The molecule has 2 nitrogen and oxygen atoms in total. The van der Waals surface area contributed by atoms with E-state index in [0.29, 0.717) is 0 Å². The molecule has 1 aromatic rings. The van der Waals surface area contributed by atoms with Crippen LogP contribution in [0.25, 0.3) is 0 Å². The van der Waals surface area contributed by atoms with E-state index in [9.17, 15) is 0 Å². The Kier molecular flexibility index (Phi) is 4.43. The maximum atomic E-state index is 6.20. The van der Waals surface area contributed by atoms with Crippen molar-refractivity contribution in [3.63, 3.8) is 0 Å². The van der Waals surface area contributed by atoms with Gasteiger partial charge in [0.15, 0.2) is 0 Å². The van der Waals surface area contributed by atoms with E-state index in [4.69, 9.17) is 10.5 Å². The van der Waals surface area contributed by atoms with E-state index in [1.807, 2.05) is 12.1 Å². The highest BCUT2D eigenvalue weighted by Crippen LogP contribution is 2.22. The number of aryl methyl sites for hydroxylation is 1. The normalized spacial score (nSPS) is 26.0. The Morgan fingerprint density at radius 3 is 2.35 bits per heavy atom. The van der Waals surface area contributed by atoms with Gasteiger partial charge in [0.2, 0.25) is 0 Å². The molecule has 0 aliphatic heterocycles. The van der Waals surface area contributed by atoms with Crippen LogP contribution in [0.3, 0.4) is 0 Å². The number of hydrogen-bond acceptors (Lipinski definition) is 2. The first-order valence-corrected chi connectivity index (χ1v) is 6.74. The highest BCUT2D eigenvalue weighted by molar-refractivity contribution is 5.26. The van der Waals surface area contributed by atoms with Crippen molar-refractivity contribution in [2.45, 2.75) is 57.6 Å². The van der Waals surface area contributed by atoms with Gasteiger partial charge in [0, 0.05) is 6.04 Å². The summed E-state index contributed by atoms with van der Waals surface area (Å²) in [5.41, 5.74) is 7.46. The third-order valence-corrected chi connectivity index (χ3v) is 3.56. The topological polar surface area (TPSA) is 35.2 Å². The van der Waals surface area contributed by atoms with Gasteiger partial charge in [-0.2, -0.15) is 0 Å². The molecular weight excluding hydrogens is 210 g/mol. The van der Waals surface area contributed by atoms with Crippen LogP contribution in [0.15, 0.2) is 24.3 Å². The molecule has 2 rings (SSSR count). The quantitative estimate of drug-likeness (QED) is 0.849. The molecule has 0 bridgehead atoms. The van der Waals surface area contributed by atoms with Gasteiger partial charge in [0.05, 0.1) is 0 Å². The zero-order chi connectivity index (χ0) is 12.1. The minimum Gasteiger partial charge on any atom is -0.489 e. The lowest BCUT2D eigenvalue weighted by Crippen LogP contribution is -2.39. The molecular formula is C15H23NO. The van der Waals surface area contributed by atoms with Crippen LogP contribution < -0.4 is 10.5 Å². The number of ether oxygens (including phenoxy) is 1. The fourth-order valence-electron chi connectivity index (χ4n) is 2.42. The molecule has 0 saturated heterocycles. The summed E-state index contributed by atoms with van der Waals surface area (Å²) < 4.78 is 6.03. The Morgan fingerprint density at radius 1 is 1.00 bits per heavy atom. The Morgan fingerprint density at radius 2 is 1.65 bits per heavy atom. The Labute approximate surface area is 104 Å². The largest absolute Gasteiger partial charge is 0.489 e. The van der Waals surface area contributed by atoms with E-state index < -0.39 is 0 Å². The third-order valence-electron chi connectivity index (χ3n) is 3.56. The van der Waals surface area contributed by atoms with Crippen LogP contribution in [0.4, 0.5) is 0 Å². The second kappa shape index (κ2) is 6.06. The predicted octanol–water partition coefficient (Wildman–Crippen LogP) is 3.42. The molecule has 94 valence electrons. The highest BCUT2D eigenvalue weighted by atomic mass is 16.5. The molecule has 1 aliphatic rings. The molecule has 1 saturated carbocycles. The molecule has 0 heterocycles. The molecule has 1 fully saturated rings. The SMILES string of the molecule is Cc1ccc(OC2CCCCCCC2N)cc1. The van der Waals surface area contributed by atoms with Crippen LogP contribution in [-0.2, 0) is 0 Å². The first-order chi connectivity index (χ1) is 8.25. The number of nitrogens with two attached hydrogens (primary N) is 1. The van der Waals surface area contributed by atoms with Crippen molar-refractivity contribution in [2.75, 3.05) is 0 Å². The van der Waals surface area contributed by atoms with Crippen molar-refractivity contribution in [3.05, 3.63) is 29.8 Å². The van der Waals surface area contributed by atoms with Gasteiger partial charge in [-0.15, -0.1) is 0 Å². The van der Waals surface area contributed by atoms with Crippen molar-refractivity contribution in [3.8, 4) is 5.75 Å². The molecule has 0 radical (unpaired) electrons. The van der Waals surface area contributed by atoms with Crippen LogP contribution >= 0.6 is 0 Å². The summed E-state index contributed by atoms with van der Waals surface area (Å²) in [5, 5.41) is 0. The lowest BCUT2D eigenvalue weighted by molar-refractivity contribution is 0.145. The van der Waals surface area contributed by atoms with Crippen LogP contribution in [0, 0.1) is 6.92 Å². The lowest BCUT2D eigenvalue weighted by Gasteiger charge is -2.27. The first kappa shape index (κ1) is 12.4. The molecule has 2 atom stereocenters. The Hall–Kier alpha value is -1.02. The van der Waals surface area contributed by atoms with Crippen molar-refractivity contribution < 1.29 is 4.74 Å². The number of hydrogen-bond donors (Lipinski definition) is 1. The van der Waals surface area contributed by atoms with Crippen molar-refractivity contribution >= 4 is 0 Å². The van der Waals surface area contributed by atoms with E-state index in [1.165, 1.54) is 31.2 Å². The average molecular weight is 233 g/mol. The maximum absolute atomic E-state index is 6.20. The van der Waals surface area contributed by atoms with Crippen molar-refractivity contribution in [1.82, 2.24) is 0 Å². The number of benzene rings is 1. The molecule has 2 N–H and O–H groups in total.